The summed E-state index contributed by atoms with van der Waals surface area (Å²) in [5, 5.41) is 10.4. The van der Waals surface area contributed by atoms with Gasteiger partial charge in [-0.1, -0.05) is 29.8 Å². The van der Waals surface area contributed by atoms with Gasteiger partial charge in [-0.2, -0.15) is 0 Å². The molecule has 1 N–H and O–H groups in total. The molecule has 0 aliphatic carbocycles. The Bertz CT molecular complexity index is 524. The van der Waals surface area contributed by atoms with Crippen LogP contribution >= 0.6 is 0 Å². The lowest BCUT2D eigenvalue weighted by Crippen LogP contribution is -2.01. The molecule has 0 aromatic heterocycles. The standard InChI is InChI=1S/C16H18O3/c1-11-4-6-12(7-5-11)16(17)13-8-14(18-2)10-15(9-13)19-3/h4-10,16-17H,1-3H3. The van der Waals surface area contributed by atoms with E-state index in [9.17, 15) is 5.11 Å². The Balaban J connectivity index is 2.37. The Kier molecular flexibility index (Phi) is 4.07. The van der Waals surface area contributed by atoms with Crippen molar-refractivity contribution < 1.29 is 14.6 Å². The maximum atomic E-state index is 10.4. The summed E-state index contributed by atoms with van der Waals surface area (Å²) in [4.78, 5) is 0. The van der Waals surface area contributed by atoms with Crippen molar-refractivity contribution in [2.75, 3.05) is 14.2 Å². The zero-order valence-corrected chi connectivity index (χ0v) is 11.4. The molecular formula is C16H18O3. The average Bonchev–Trinajstić information content (AvgIpc) is 2.46. The van der Waals surface area contributed by atoms with Crippen molar-refractivity contribution in [3.05, 3.63) is 59.2 Å². The van der Waals surface area contributed by atoms with Crippen LogP contribution in [0.5, 0.6) is 11.5 Å². The number of benzene rings is 2. The molecule has 0 amide bonds. The number of hydrogen-bond acceptors (Lipinski definition) is 3. The first-order valence-electron chi connectivity index (χ1n) is 6.11. The fraction of sp³-hybridized carbons (Fsp3) is 0.250. The van der Waals surface area contributed by atoms with Gasteiger partial charge >= 0.3 is 0 Å². The molecule has 0 saturated heterocycles. The number of aryl methyl sites for hydroxylation is 1. The molecular weight excluding hydrogens is 240 g/mol. The molecule has 0 saturated carbocycles. The van der Waals surface area contributed by atoms with E-state index in [0.717, 1.165) is 11.1 Å². The lowest BCUT2D eigenvalue weighted by molar-refractivity contribution is 0.219. The molecule has 2 aromatic carbocycles. The van der Waals surface area contributed by atoms with Crippen LogP contribution in [0.15, 0.2) is 42.5 Å². The van der Waals surface area contributed by atoms with E-state index in [1.165, 1.54) is 5.56 Å². The molecule has 0 aliphatic heterocycles. The molecule has 0 aliphatic rings. The van der Waals surface area contributed by atoms with Crippen LogP contribution in [-0.2, 0) is 0 Å². The van der Waals surface area contributed by atoms with Crippen LogP contribution in [0.1, 0.15) is 22.8 Å². The van der Waals surface area contributed by atoms with Crippen LogP contribution in [0, 0.1) is 6.92 Å². The third-order valence-electron chi connectivity index (χ3n) is 3.08. The Hall–Kier alpha value is -2.00. The van der Waals surface area contributed by atoms with Crippen LogP contribution < -0.4 is 9.47 Å². The normalized spacial score (nSPS) is 12.0. The summed E-state index contributed by atoms with van der Waals surface area (Å²) >= 11 is 0. The Morgan fingerprint density at radius 1 is 0.842 bits per heavy atom. The molecule has 0 fully saturated rings. The summed E-state index contributed by atoms with van der Waals surface area (Å²) in [7, 11) is 3.19. The fourth-order valence-corrected chi connectivity index (χ4v) is 1.93. The Labute approximate surface area is 113 Å². The summed E-state index contributed by atoms with van der Waals surface area (Å²) in [5.41, 5.74) is 2.76. The second-order valence-corrected chi connectivity index (χ2v) is 4.46. The van der Waals surface area contributed by atoms with Crippen molar-refractivity contribution in [1.82, 2.24) is 0 Å². The molecule has 1 unspecified atom stereocenters. The lowest BCUT2D eigenvalue weighted by atomic mass is 10.00. The molecule has 100 valence electrons. The second-order valence-electron chi connectivity index (χ2n) is 4.46. The average molecular weight is 258 g/mol. The molecule has 19 heavy (non-hydrogen) atoms. The molecule has 0 radical (unpaired) electrons. The quantitative estimate of drug-likeness (QED) is 0.915. The first-order valence-corrected chi connectivity index (χ1v) is 6.11. The van der Waals surface area contributed by atoms with Gasteiger partial charge in [0.2, 0.25) is 0 Å². The number of aliphatic hydroxyl groups excluding tert-OH is 1. The minimum Gasteiger partial charge on any atom is -0.497 e. The topological polar surface area (TPSA) is 38.7 Å². The predicted molar refractivity (Wildman–Crippen MR) is 74.8 cm³/mol. The summed E-state index contributed by atoms with van der Waals surface area (Å²) < 4.78 is 10.4. The van der Waals surface area contributed by atoms with E-state index in [1.807, 2.05) is 43.3 Å². The van der Waals surface area contributed by atoms with Crippen molar-refractivity contribution in [3.63, 3.8) is 0 Å². The maximum Gasteiger partial charge on any atom is 0.122 e. The summed E-state index contributed by atoms with van der Waals surface area (Å²) in [6, 6.07) is 13.2. The molecule has 3 nitrogen and oxygen atoms in total. The largest absolute Gasteiger partial charge is 0.497 e. The van der Waals surface area contributed by atoms with Gasteiger partial charge in [0.15, 0.2) is 0 Å². The predicted octanol–water partition coefficient (Wildman–Crippen LogP) is 3.09. The Morgan fingerprint density at radius 2 is 1.37 bits per heavy atom. The van der Waals surface area contributed by atoms with Crippen LogP contribution in [0.3, 0.4) is 0 Å². The molecule has 1 atom stereocenters. The van der Waals surface area contributed by atoms with E-state index < -0.39 is 6.10 Å². The number of hydrogen-bond donors (Lipinski definition) is 1. The molecule has 3 heteroatoms. The van der Waals surface area contributed by atoms with Gasteiger partial charge in [0.05, 0.1) is 14.2 Å². The Morgan fingerprint density at radius 3 is 1.84 bits per heavy atom. The van der Waals surface area contributed by atoms with Gasteiger partial charge in [0, 0.05) is 6.07 Å². The van der Waals surface area contributed by atoms with Gasteiger partial charge in [0.1, 0.15) is 17.6 Å². The van der Waals surface area contributed by atoms with Crippen molar-refractivity contribution in [1.29, 1.82) is 0 Å². The molecule has 0 heterocycles. The van der Waals surface area contributed by atoms with Gasteiger partial charge < -0.3 is 14.6 Å². The minimum absolute atomic E-state index is 0.667. The van der Waals surface area contributed by atoms with Gasteiger partial charge in [0.25, 0.3) is 0 Å². The highest BCUT2D eigenvalue weighted by atomic mass is 16.5. The van der Waals surface area contributed by atoms with Gasteiger partial charge in [-0.25, -0.2) is 0 Å². The number of ether oxygens (including phenoxy) is 2. The number of rotatable bonds is 4. The number of methoxy groups -OCH3 is 2. The van der Waals surface area contributed by atoms with Crippen LogP contribution in [0.2, 0.25) is 0 Å². The van der Waals surface area contributed by atoms with Gasteiger partial charge in [-0.3, -0.25) is 0 Å². The number of aliphatic hydroxyl groups is 1. The van der Waals surface area contributed by atoms with E-state index in [-0.39, 0.29) is 0 Å². The summed E-state index contributed by atoms with van der Waals surface area (Å²) in [6.07, 6.45) is -0.690. The van der Waals surface area contributed by atoms with Gasteiger partial charge in [-0.05, 0) is 30.2 Å². The van der Waals surface area contributed by atoms with Crippen LogP contribution in [0.25, 0.3) is 0 Å². The fourth-order valence-electron chi connectivity index (χ4n) is 1.93. The second kappa shape index (κ2) is 5.76. The lowest BCUT2D eigenvalue weighted by Gasteiger charge is -2.14. The smallest absolute Gasteiger partial charge is 0.122 e. The SMILES string of the molecule is COc1cc(OC)cc(C(O)c2ccc(C)cc2)c1. The van der Waals surface area contributed by atoms with E-state index in [2.05, 4.69) is 0 Å². The first kappa shape index (κ1) is 13.4. The molecule has 2 rings (SSSR count). The highest BCUT2D eigenvalue weighted by Gasteiger charge is 2.13. The van der Waals surface area contributed by atoms with Gasteiger partial charge in [-0.15, -0.1) is 0 Å². The summed E-state index contributed by atoms with van der Waals surface area (Å²) in [6.45, 7) is 2.02. The third kappa shape index (κ3) is 3.06. The van der Waals surface area contributed by atoms with E-state index in [4.69, 9.17) is 9.47 Å². The third-order valence-corrected chi connectivity index (χ3v) is 3.08. The molecule has 0 spiro atoms. The molecule has 2 aromatic rings. The van der Waals surface area contributed by atoms with E-state index >= 15 is 0 Å². The van der Waals surface area contributed by atoms with Crippen molar-refractivity contribution in [2.45, 2.75) is 13.0 Å². The van der Waals surface area contributed by atoms with E-state index in [0.29, 0.717) is 11.5 Å². The minimum atomic E-state index is -0.690. The van der Waals surface area contributed by atoms with Crippen molar-refractivity contribution in [3.8, 4) is 11.5 Å². The maximum absolute atomic E-state index is 10.4. The zero-order valence-electron chi connectivity index (χ0n) is 11.4. The monoisotopic (exact) mass is 258 g/mol. The molecule has 0 bridgehead atoms. The van der Waals surface area contributed by atoms with Crippen LogP contribution in [-0.4, -0.2) is 19.3 Å². The van der Waals surface area contributed by atoms with Crippen molar-refractivity contribution in [2.24, 2.45) is 0 Å². The highest BCUT2D eigenvalue weighted by Crippen LogP contribution is 2.29. The highest BCUT2D eigenvalue weighted by molar-refractivity contribution is 5.42. The van der Waals surface area contributed by atoms with Crippen LogP contribution in [0.4, 0.5) is 0 Å². The van der Waals surface area contributed by atoms with Crippen molar-refractivity contribution >= 4 is 0 Å². The zero-order chi connectivity index (χ0) is 13.8. The first-order chi connectivity index (χ1) is 9.13. The summed E-state index contributed by atoms with van der Waals surface area (Å²) in [5.74, 6) is 1.33. The van der Waals surface area contributed by atoms with E-state index in [1.54, 1.807) is 20.3 Å².